The van der Waals surface area contributed by atoms with E-state index in [4.69, 9.17) is 0 Å². The molecule has 1 rings (SSSR count). The van der Waals surface area contributed by atoms with Gasteiger partial charge < -0.3 is 15.2 Å². The summed E-state index contributed by atoms with van der Waals surface area (Å²) in [4.78, 5) is 22.1. The number of esters is 1. The van der Waals surface area contributed by atoms with Gasteiger partial charge in [0.25, 0.3) is 0 Å². The van der Waals surface area contributed by atoms with E-state index in [1.807, 2.05) is 0 Å². The van der Waals surface area contributed by atoms with Gasteiger partial charge >= 0.3 is 5.97 Å². The first-order chi connectivity index (χ1) is 6.03. The van der Waals surface area contributed by atoms with E-state index < -0.39 is 17.6 Å². The highest BCUT2D eigenvalue weighted by Gasteiger charge is 2.54. The van der Waals surface area contributed by atoms with Crippen LogP contribution >= 0.6 is 0 Å². The number of methoxy groups -OCH3 is 1. The summed E-state index contributed by atoms with van der Waals surface area (Å²) >= 11 is 0. The molecular weight excluding hydrogens is 174 g/mol. The fourth-order valence-electron chi connectivity index (χ4n) is 1.49. The average Bonchev–Trinajstić information content (AvgIpc) is 2.09. The normalized spacial score (nSPS) is 31.8. The van der Waals surface area contributed by atoms with Crippen molar-refractivity contribution >= 4 is 11.9 Å². The standard InChI is InChI=1S/C8H13NO4/c1-5(10)9-8(7(12)13-2)4-3-6(8)11/h6,11H,3-4H2,1-2H3,(H,9,10)/t6-,8+/m0/s1. The van der Waals surface area contributed by atoms with Crippen molar-refractivity contribution in [1.82, 2.24) is 5.32 Å². The first-order valence-electron chi connectivity index (χ1n) is 4.08. The van der Waals surface area contributed by atoms with Crippen molar-refractivity contribution in [2.24, 2.45) is 0 Å². The number of nitrogens with one attached hydrogen (secondary N) is 1. The molecular formula is C8H13NO4. The molecule has 0 saturated heterocycles. The second-order valence-electron chi connectivity index (χ2n) is 3.20. The van der Waals surface area contributed by atoms with E-state index in [0.29, 0.717) is 12.8 Å². The van der Waals surface area contributed by atoms with Crippen LogP contribution in [-0.4, -0.2) is 35.7 Å². The van der Waals surface area contributed by atoms with E-state index in [1.165, 1.54) is 14.0 Å². The minimum Gasteiger partial charge on any atom is -0.467 e. The van der Waals surface area contributed by atoms with Gasteiger partial charge in [0.15, 0.2) is 5.54 Å². The largest absolute Gasteiger partial charge is 0.467 e. The molecule has 0 aromatic heterocycles. The first kappa shape index (κ1) is 9.98. The molecule has 0 bridgehead atoms. The Bertz CT molecular complexity index is 240. The topological polar surface area (TPSA) is 75.6 Å². The predicted octanol–water partition coefficient (Wildman–Crippen LogP) is -0.811. The van der Waals surface area contributed by atoms with E-state index in [0.717, 1.165) is 0 Å². The van der Waals surface area contributed by atoms with Gasteiger partial charge in [-0.05, 0) is 12.8 Å². The molecule has 0 heterocycles. The zero-order chi connectivity index (χ0) is 10.1. The molecule has 2 N–H and O–H groups in total. The van der Waals surface area contributed by atoms with Crippen LogP contribution in [-0.2, 0) is 14.3 Å². The van der Waals surface area contributed by atoms with Crippen molar-refractivity contribution in [2.45, 2.75) is 31.4 Å². The quantitative estimate of drug-likeness (QED) is 0.554. The van der Waals surface area contributed by atoms with Crippen LogP contribution in [0, 0.1) is 0 Å². The Balaban J connectivity index is 2.76. The maximum atomic E-state index is 11.3. The van der Waals surface area contributed by atoms with Crippen molar-refractivity contribution < 1.29 is 19.4 Å². The van der Waals surface area contributed by atoms with Crippen LogP contribution < -0.4 is 5.32 Å². The highest BCUT2D eigenvalue weighted by atomic mass is 16.5. The maximum absolute atomic E-state index is 11.3. The van der Waals surface area contributed by atoms with Crippen LogP contribution in [0.1, 0.15) is 19.8 Å². The number of rotatable bonds is 2. The molecule has 0 aromatic rings. The maximum Gasteiger partial charge on any atom is 0.334 e. The number of ether oxygens (including phenoxy) is 1. The van der Waals surface area contributed by atoms with Crippen LogP contribution in [0.15, 0.2) is 0 Å². The minimum atomic E-state index is -1.19. The Morgan fingerprint density at radius 1 is 1.62 bits per heavy atom. The van der Waals surface area contributed by atoms with Crippen molar-refractivity contribution in [1.29, 1.82) is 0 Å². The van der Waals surface area contributed by atoms with Crippen molar-refractivity contribution in [3.63, 3.8) is 0 Å². The summed E-state index contributed by atoms with van der Waals surface area (Å²) in [5.41, 5.74) is -1.19. The van der Waals surface area contributed by atoms with E-state index in [2.05, 4.69) is 10.1 Å². The molecule has 5 nitrogen and oxygen atoms in total. The molecule has 5 heteroatoms. The monoisotopic (exact) mass is 187 g/mol. The van der Waals surface area contributed by atoms with E-state index in [1.54, 1.807) is 0 Å². The highest BCUT2D eigenvalue weighted by Crippen LogP contribution is 2.33. The van der Waals surface area contributed by atoms with Gasteiger partial charge in [-0.2, -0.15) is 0 Å². The van der Waals surface area contributed by atoms with Crippen molar-refractivity contribution in [3.05, 3.63) is 0 Å². The molecule has 1 saturated carbocycles. The molecule has 1 amide bonds. The molecule has 1 aliphatic rings. The first-order valence-corrected chi connectivity index (χ1v) is 4.08. The van der Waals surface area contributed by atoms with E-state index in [-0.39, 0.29) is 5.91 Å². The van der Waals surface area contributed by atoms with E-state index in [9.17, 15) is 14.7 Å². The Kier molecular flexibility index (Phi) is 2.56. The number of hydrogen-bond donors (Lipinski definition) is 2. The van der Waals surface area contributed by atoms with Gasteiger partial charge in [0.1, 0.15) is 0 Å². The molecule has 0 spiro atoms. The SMILES string of the molecule is COC(=O)[C@@]1(NC(C)=O)CC[C@@H]1O. The summed E-state index contributed by atoms with van der Waals surface area (Å²) in [6.45, 7) is 1.30. The number of carbonyl (C=O) groups excluding carboxylic acids is 2. The van der Waals surface area contributed by atoms with Gasteiger partial charge in [-0.25, -0.2) is 4.79 Å². The summed E-state index contributed by atoms with van der Waals surface area (Å²) in [7, 11) is 1.23. The van der Waals surface area contributed by atoms with Gasteiger partial charge in [0.05, 0.1) is 13.2 Å². The van der Waals surface area contributed by atoms with Gasteiger partial charge in [0.2, 0.25) is 5.91 Å². The lowest BCUT2D eigenvalue weighted by molar-refractivity contribution is -0.165. The Morgan fingerprint density at radius 2 is 2.23 bits per heavy atom. The average molecular weight is 187 g/mol. The lowest BCUT2D eigenvalue weighted by atomic mass is 9.73. The second kappa shape index (κ2) is 3.33. The Labute approximate surface area is 76.1 Å². The van der Waals surface area contributed by atoms with Crippen molar-refractivity contribution in [3.8, 4) is 0 Å². The molecule has 0 aliphatic heterocycles. The zero-order valence-corrected chi connectivity index (χ0v) is 7.66. The Hall–Kier alpha value is -1.10. The molecule has 1 aliphatic carbocycles. The highest BCUT2D eigenvalue weighted by molar-refractivity contribution is 5.88. The summed E-state index contributed by atoms with van der Waals surface area (Å²) in [6.07, 6.45) is 0.111. The molecule has 2 atom stereocenters. The van der Waals surface area contributed by atoms with Crippen molar-refractivity contribution in [2.75, 3.05) is 7.11 Å². The van der Waals surface area contributed by atoms with Crippen LogP contribution in [0.2, 0.25) is 0 Å². The lowest BCUT2D eigenvalue weighted by Crippen LogP contribution is -2.68. The number of hydrogen-bond acceptors (Lipinski definition) is 4. The molecule has 74 valence electrons. The summed E-state index contributed by atoms with van der Waals surface area (Å²) < 4.78 is 4.52. The van der Waals surface area contributed by atoms with Crippen LogP contribution in [0.25, 0.3) is 0 Å². The third kappa shape index (κ3) is 1.51. The minimum absolute atomic E-state index is 0.343. The third-order valence-electron chi connectivity index (χ3n) is 2.33. The lowest BCUT2D eigenvalue weighted by Gasteiger charge is -2.43. The van der Waals surface area contributed by atoms with E-state index >= 15 is 0 Å². The molecule has 0 radical (unpaired) electrons. The third-order valence-corrected chi connectivity index (χ3v) is 2.33. The fraction of sp³-hybridized carbons (Fsp3) is 0.750. The second-order valence-corrected chi connectivity index (χ2v) is 3.20. The molecule has 0 unspecified atom stereocenters. The van der Waals surface area contributed by atoms with Gasteiger partial charge in [0, 0.05) is 6.92 Å². The summed E-state index contributed by atoms with van der Waals surface area (Å²) in [6, 6.07) is 0. The van der Waals surface area contributed by atoms with Gasteiger partial charge in [-0.15, -0.1) is 0 Å². The number of aliphatic hydroxyl groups excluding tert-OH is 1. The Morgan fingerprint density at radius 3 is 2.46 bits per heavy atom. The number of aliphatic hydroxyl groups is 1. The smallest absolute Gasteiger partial charge is 0.334 e. The van der Waals surface area contributed by atoms with Gasteiger partial charge in [-0.3, -0.25) is 4.79 Å². The van der Waals surface area contributed by atoms with Crippen LogP contribution in [0.5, 0.6) is 0 Å². The molecule has 13 heavy (non-hydrogen) atoms. The number of amides is 1. The number of carbonyl (C=O) groups is 2. The van der Waals surface area contributed by atoms with Gasteiger partial charge in [-0.1, -0.05) is 0 Å². The molecule has 0 aromatic carbocycles. The van der Waals surface area contributed by atoms with Crippen LogP contribution in [0.3, 0.4) is 0 Å². The van der Waals surface area contributed by atoms with Crippen LogP contribution in [0.4, 0.5) is 0 Å². The zero-order valence-electron chi connectivity index (χ0n) is 7.66. The summed E-state index contributed by atoms with van der Waals surface area (Å²) in [5, 5.41) is 11.8. The molecule has 1 fully saturated rings. The summed E-state index contributed by atoms with van der Waals surface area (Å²) in [5.74, 6) is -0.925. The predicted molar refractivity (Wildman–Crippen MR) is 43.8 cm³/mol. The fourth-order valence-corrected chi connectivity index (χ4v) is 1.49.